The molecule has 0 unspecified atom stereocenters. The average Bonchev–Trinajstić information content (AvgIpc) is 2.80. The van der Waals surface area contributed by atoms with Crippen molar-refractivity contribution in [3.63, 3.8) is 0 Å². The molecule has 0 heterocycles. The number of hydrogen-bond acceptors (Lipinski definition) is 3. The maximum Gasteiger partial charge on any atom is 0.251 e. The number of nitrogens with one attached hydrogen (secondary N) is 2. The second kappa shape index (κ2) is 9.69. The number of ether oxygens (including phenoxy) is 1. The van der Waals surface area contributed by atoms with Gasteiger partial charge in [-0.15, -0.1) is 0 Å². The molecule has 0 aromatic heterocycles. The van der Waals surface area contributed by atoms with Crippen LogP contribution >= 0.6 is 0 Å². The molecular weight excluding hydrogens is 400 g/mol. The van der Waals surface area contributed by atoms with Crippen LogP contribution in [0.3, 0.4) is 0 Å². The van der Waals surface area contributed by atoms with Gasteiger partial charge in [0, 0.05) is 23.7 Å². The van der Waals surface area contributed by atoms with Crippen LogP contribution in [0.25, 0.3) is 11.1 Å². The molecule has 1 saturated carbocycles. The third-order valence-corrected chi connectivity index (χ3v) is 5.99. The van der Waals surface area contributed by atoms with Crippen molar-refractivity contribution in [1.82, 2.24) is 10.6 Å². The molecule has 2 N–H and O–H groups in total. The number of carbonyl (C=O) groups is 2. The Balaban J connectivity index is 1.44. The molecule has 0 radical (unpaired) electrons. The number of methoxy groups -OCH3 is 1. The smallest absolute Gasteiger partial charge is 0.251 e. The minimum atomic E-state index is -0.135. The Kier molecular flexibility index (Phi) is 6.55. The van der Waals surface area contributed by atoms with E-state index in [2.05, 4.69) is 10.6 Å². The quantitative estimate of drug-likeness (QED) is 0.563. The summed E-state index contributed by atoms with van der Waals surface area (Å²) in [5, 5.41) is 6.03. The fourth-order valence-corrected chi connectivity index (χ4v) is 3.76. The summed E-state index contributed by atoms with van der Waals surface area (Å²) in [6.45, 7) is 2.45. The third kappa shape index (κ3) is 4.99. The highest BCUT2D eigenvalue weighted by molar-refractivity contribution is 5.97. The zero-order valence-electron chi connectivity index (χ0n) is 18.5. The van der Waals surface area contributed by atoms with Gasteiger partial charge in [-0.1, -0.05) is 30.3 Å². The Morgan fingerprint density at radius 2 is 1.69 bits per heavy atom. The number of amides is 2. The van der Waals surface area contributed by atoms with Crippen molar-refractivity contribution in [2.24, 2.45) is 0 Å². The molecule has 164 valence electrons. The van der Waals surface area contributed by atoms with Gasteiger partial charge in [-0.05, 0) is 84.8 Å². The minimum Gasteiger partial charge on any atom is -0.497 e. The highest BCUT2D eigenvalue weighted by atomic mass is 16.5. The molecule has 4 rings (SSSR count). The molecule has 0 saturated heterocycles. The van der Waals surface area contributed by atoms with Gasteiger partial charge in [0.2, 0.25) is 0 Å². The predicted molar refractivity (Wildman–Crippen MR) is 126 cm³/mol. The first kappa shape index (κ1) is 21.6. The summed E-state index contributed by atoms with van der Waals surface area (Å²) < 4.78 is 5.22. The zero-order chi connectivity index (χ0) is 22.5. The SMILES string of the molecule is COc1cccc(CNC(=O)c2ccc(-c3cc(C(=O)NC4CCC4)ccc3C)cc2)c1. The van der Waals surface area contributed by atoms with Crippen molar-refractivity contribution in [3.05, 3.63) is 89.0 Å². The molecule has 5 heteroatoms. The first-order chi connectivity index (χ1) is 15.5. The highest BCUT2D eigenvalue weighted by Gasteiger charge is 2.20. The van der Waals surface area contributed by atoms with Gasteiger partial charge in [-0.3, -0.25) is 9.59 Å². The lowest BCUT2D eigenvalue weighted by Gasteiger charge is -2.26. The number of benzene rings is 3. The standard InChI is InChI=1S/C27H28N2O3/c1-18-9-10-22(27(31)29-23-6-4-7-23)16-25(18)20-11-13-21(14-12-20)26(30)28-17-19-5-3-8-24(15-19)32-2/h3,5,8-16,23H,4,6-7,17H2,1-2H3,(H,28,30)(H,29,31). The Bertz CT molecular complexity index is 1120. The van der Waals surface area contributed by atoms with Gasteiger partial charge in [0.15, 0.2) is 0 Å². The lowest BCUT2D eigenvalue weighted by Crippen LogP contribution is -2.39. The van der Waals surface area contributed by atoms with E-state index in [1.807, 2.05) is 73.7 Å². The molecule has 5 nitrogen and oxygen atoms in total. The normalized spacial score (nSPS) is 13.2. The first-order valence-electron chi connectivity index (χ1n) is 11.0. The van der Waals surface area contributed by atoms with Crippen LogP contribution in [0.15, 0.2) is 66.7 Å². The fourth-order valence-electron chi connectivity index (χ4n) is 3.76. The average molecular weight is 429 g/mol. The molecule has 1 fully saturated rings. The van der Waals surface area contributed by atoms with Gasteiger partial charge in [0.1, 0.15) is 5.75 Å². The van der Waals surface area contributed by atoms with Gasteiger partial charge in [-0.2, -0.15) is 0 Å². The van der Waals surface area contributed by atoms with Crippen LogP contribution in [0.5, 0.6) is 5.75 Å². The van der Waals surface area contributed by atoms with Crippen LogP contribution in [0, 0.1) is 6.92 Å². The molecule has 0 spiro atoms. The van der Waals surface area contributed by atoms with E-state index in [9.17, 15) is 9.59 Å². The molecule has 3 aromatic carbocycles. The van der Waals surface area contributed by atoms with Crippen molar-refractivity contribution in [2.75, 3.05) is 7.11 Å². The molecule has 0 atom stereocenters. The van der Waals surface area contributed by atoms with E-state index in [-0.39, 0.29) is 11.8 Å². The van der Waals surface area contributed by atoms with E-state index >= 15 is 0 Å². The summed E-state index contributed by atoms with van der Waals surface area (Å²) in [7, 11) is 1.62. The maximum absolute atomic E-state index is 12.6. The topological polar surface area (TPSA) is 67.4 Å². The molecule has 1 aliphatic rings. The molecule has 3 aromatic rings. The molecule has 0 aliphatic heterocycles. The summed E-state index contributed by atoms with van der Waals surface area (Å²) in [4.78, 5) is 25.1. The van der Waals surface area contributed by atoms with E-state index in [0.717, 1.165) is 40.8 Å². The summed E-state index contributed by atoms with van der Waals surface area (Å²) in [6.07, 6.45) is 3.31. The molecule has 0 bridgehead atoms. The number of aryl methyl sites for hydroxylation is 1. The van der Waals surface area contributed by atoms with Crippen LogP contribution in [0.1, 0.15) is 51.1 Å². The Hall–Kier alpha value is -3.60. The second-order valence-corrected chi connectivity index (χ2v) is 8.24. The largest absolute Gasteiger partial charge is 0.497 e. The molecular formula is C27H28N2O3. The number of rotatable bonds is 7. The number of hydrogen-bond donors (Lipinski definition) is 2. The van der Waals surface area contributed by atoms with E-state index in [4.69, 9.17) is 4.74 Å². The van der Waals surface area contributed by atoms with E-state index in [1.54, 1.807) is 7.11 Å². The molecule has 32 heavy (non-hydrogen) atoms. The molecule has 1 aliphatic carbocycles. The first-order valence-corrected chi connectivity index (χ1v) is 11.0. The van der Waals surface area contributed by atoms with Crippen molar-refractivity contribution in [3.8, 4) is 16.9 Å². The monoisotopic (exact) mass is 428 g/mol. The van der Waals surface area contributed by atoms with E-state index in [0.29, 0.717) is 23.7 Å². The van der Waals surface area contributed by atoms with Crippen molar-refractivity contribution >= 4 is 11.8 Å². The van der Waals surface area contributed by atoms with Gasteiger partial charge < -0.3 is 15.4 Å². The lowest BCUT2D eigenvalue weighted by molar-refractivity contribution is 0.0915. The minimum absolute atomic E-state index is 0.0236. The predicted octanol–water partition coefficient (Wildman–Crippen LogP) is 4.88. The Morgan fingerprint density at radius 3 is 2.38 bits per heavy atom. The summed E-state index contributed by atoms with van der Waals surface area (Å²) in [5.74, 6) is 0.606. The van der Waals surface area contributed by atoms with E-state index in [1.165, 1.54) is 6.42 Å². The highest BCUT2D eigenvalue weighted by Crippen LogP contribution is 2.26. The van der Waals surface area contributed by atoms with Crippen LogP contribution < -0.4 is 15.4 Å². The van der Waals surface area contributed by atoms with Crippen molar-refractivity contribution < 1.29 is 14.3 Å². The maximum atomic E-state index is 12.6. The Morgan fingerprint density at radius 1 is 0.938 bits per heavy atom. The van der Waals surface area contributed by atoms with Gasteiger partial charge in [-0.25, -0.2) is 0 Å². The van der Waals surface area contributed by atoms with Crippen molar-refractivity contribution in [2.45, 2.75) is 38.8 Å². The van der Waals surface area contributed by atoms with Crippen molar-refractivity contribution in [1.29, 1.82) is 0 Å². The Labute approximate surface area is 188 Å². The van der Waals surface area contributed by atoms with Gasteiger partial charge >= 0.3 is 0 Å². The third-order valence-electron chi connectivity index (χ3n) is 5.99. The van der Waals surface area contributed by atoms with Crippen LogP contribution in [0.2, 0.25) is 0 Å². The second-order valence-electron chi connectivity index (χ2n) is 8.24. The fraction of sp³-hybridized carbons (Fsp3) is 0.259. The van der Waals surface area contributed by atoms with Crippen LogP contribution in [-0.2, 0) is 6.54 Å². The summed E-state index contributed by atoms with van der Waals surface area (Å²) in [6, 6.07) is 21.2. The van der Waals surface area contributed by atoms with Crippen LogP contribution in [-0.4, -0.2) is 25.0 Å². The summed E-state index contributed by atoms with van der Waals surface area (Å²) >= 11 is 0. The zero-order valence-corrected chi connectivity index (χ0v) is 18.5. The number of carbonyl (C=O) groups excluding carboxylic acids is 2. The van der Waals surface area contributed by atoms with Crippen LogP contribution in [0.4, 0.5) is 0 Å². The lowest BCUT2D eigenvalue weighted by atomic mass is 9.92. The van der Waals surface area contributed by atoms with E-state index < -0.39 is 0 Å². The van der Waals surface area contributed by atoms with Gasteiger partial charge in [0.05, 0.1) is 7.11 Å². The molecule has 2 amide bonds. The van der Waals surface area contributed by atoms with Gasteiger partial charge in [0.25, 0.3) is 11.8 Å². The summed E-state index contributed by atoms with van der Waals surface area (Å²) in [5.41, 5.74) is 5.29.